The van der Waals surface area contributed by atoms with E-state index in [1.165, 1.54) is 24.6 Å². The van der Waals surface area contributed by atoms with Crippen LogP contribution in [0.3, 0.4) is 0 Å². The molecule has 5 rings (SSSR count). The maximum absolute atomic E-state index is 12.5. The minimum atomic E-state index is -0.348. The van der Waals surface area contributed by atoms with E-state index >= 15 is 0 Å². The van der Waals surface area contributed by atoms with Crippen LogP contribution in [-0.4, -0.2) is 78.6 Å². The lowest BCUT2D eigenvalue weighted by Gasteiger charge is -2.25. The molecule has 2 N–H and O–H groups in total. The maximum atomic E-state index is 12.5. The fourth-order valence-electron chi connectivity index (χ4n) is 4.99. The van der Waals surface area contributed by atoms with Gasteiger partial charge in [-0.05, 0) is 45.1 Å². The number of hydrogen-bond donors (Lipinski definition) is 2. The minimum Gasteiger partial charge on any atom is -0.481 e. The molecular formula is C30H39N9O2. The van der Waals surface area contributed by atoms with Crippen molar-refractivity contribution in [3.8, 4) is 5.88 Å². The van der Waals surface area contributed by atoms with E-state index in [9.17, 15) is 4.79 Å². The van der Waals surface area contributed by atoms with E-state index in [2.05, 4.69) is 67.9 Å². The Hall–Kier alpha value is -4.25. The van der Waals surface area contributed by atoms with Gasteiger partial charge in [-0.1, -0.05) is 20.4 Å². The third-order valence-electron chi connectivity index (χ3n) is 7.43. The summed E-state index contributed by atoms with van der Waals surface area (Å²) >= 11 is 0. The highest BCUT2D eigenvalue weighted by Gasteiger charge is 2.39. The Balaban J connectivity index is 1.49. The van der Waals surface area contributed by atoms with Crippen molar-refractivity contribution in [2.24, 2.45) is 0 Å². The molecule has 1 amide bonds. The van der Waals surface area contributed by atoms with Gasteiger partial charge < -0.3 is 30.1 Å². The number of methoxy groups -OCH3 is 1. The van der Waals surface area contributed by atoms with Crippen LogP contribution >= 0.6 is 0 Å². The van der Waals surface area contributed by atoms with Gasteiger partial charge in [-0.3, -0.25) is 9.78 Å². The molecular weight excluding hydrogens is 518 g/mol. The summed E-state index contributed by atoms with van der Waals surface area (Å²) in [5, 5.41) is 6.31. The zero-order valence-electron chi connectivity index (χ0n) is 24.7. The number of pyridine rings is 2. The topological polar surface area (TPSA) is 112 Å². The second-order valence-electron chi connectivity index (χ2n) is 11.6. The highest BCUT2D eigenvalue weighted by Crippen LogP contribution is 2.46. The summed E-state index contributed by atoms with van der Waals surface area (Å²) in [7, 11) is 7.51. The average Bonchev–Trinajstić information content (AvgIpc) is 3.77. The molecule has 216 valence electrons. The van der Waals surface area contributed by atoms with E-state index in [1.54, 1.807) is 19.5 Å². The van der Waals surface area contributed by atoms with Gasteiger partial charge >= 0.3 is 0 Å². The largest absolute Gasteiger partial charge is 0.481 e. The van der Waals surface area contributed by atoms with Gasteiger partial charge in [0.25, 0.3) is 0 Å². The number of nitrogens with one attached hydrogen (secondary N) is 2. The molecule has 0 saturated heterocycles. The number of carbonyl (C=O) groups is 1. The number of carbonyl (C=O) groups excluding carboxylic acids is 1. The normalized spacial score (nSPS) is 15.4. The molecule has 0 aromatic carbocycles. The van der Waals surface area contributed by atoms with Crippen molar-refractivity contribution >= 4 is 40.4 Å². The first-order valence-corrected chi connectivity index (χ1v) is 13.9. The van der Waals surface area contributed by atoms with Crippen LogP contribution < -0.4 is 25.2 Å². The Labute approximate surface area is 241 Å². The number of hydrogen-bond acceptors (Lipinski definition) is 10. The third kappa shape index (κ3) is 6.09. The average molecular weight is 558 g/mol. The predicted molar refractivity (Wildman–Crippen MR) is 163 cm³/mol. The molecule has 0 unspecified atom stereocenters. The molecule has 3 aromatic heterocycles. The van der Waals surface area contributed by atoms with Gasteiger partial charge in [0.05, 0.1) is 24.2 Å². The highest BCUT2D eigenvalue weighted by atomic mass is 16.5. The lowest BCUT2D eigenvalue weighted by Crippen LogP contribution is -2.30. The number of likely N-dealkylation sites (N-methyl/N-ethyl adjacent to an activating group) is 2. The second-order valence-corrected chi connectivity index (χ2v) is 11.6. The van der Waals surface area contributed by atoms with E-state index in [0.29, 0.717) is 41.4 Å². The number of ether oxygens (including phenoxy) is 1. The summed E-state index contributed by atoms with van der Waals surface area (Å²) in [6.07, 6.45) is 5.22. The molecule has 4 heterocycles. The number of anilines is 6. The van der Waals surface area contributed by atoms with Gasteiger partial charge in [-0.15, -0.1) is 0 Å². The standard InChI is InChI=1S/C30H39N9O2/c1-8-25(40)35-27-21(15-26(41-7)36-29(27)38(6)14-13-37(4)5)33-23-16-24(32-18-31-23)39-17-30(2,3)28-22(39)12-11-20(34-28)19-9-10-19/h8,11-12,15-16,18-19H,1,9-10,13-14,17H2,2-7H3,(H,35,40)(H,31,32,33,36). The van der Waals surface area contributed by atoms with Gasteiger partial charge in [0.2, 0.25) is 11.8 Å². The van der Waals surface area contributed by atoms with Crippen molar-refractivity contribution in [1.82, 2.24) is 24.8 Å². The van der Waals surface area contributed by atoms with Gasteiger partial charge in [0, 0.05) is 55.8 Å². The summed E-state index contributed by atoms with van der Waals surface area (Å²) in [4.78, 5) is 37.6. The first kappa shape index (κ1) is 28.3. The SMILES string of the molecule is C=CC(=O)Nc1c(Nc2cc(N3CC(C)(C)c4nc(C5CC5)ccc43)ncn2)cc(OC)nc1N(C)CCN(C)C. The molecule has 1 fully saturated rings. The van der Waals surface area contributed by atoms with Crippen LogP contribution in [0.15, 0.2) is 43.2 Å². The van der Waals surface area contributed by atoms with Crippen molar-refractivity contribution in [1.29, 1.82) is 0 Å². The molecule has 0 radical (unpaired) electrons. The monoisotopic (exact) mass is 557 g/mol. The van der Waals surface area contributed by atoms with Crippen LogP contribution in [0.1, 0.15) is 44.0 Å². The molecule has 1 saturated carbocycles. The number of amides is 1. The lowest BCUT2D eigenvalue weighted by molar-refractivity contribution is -0.111. The van der Waals surface area contributed by atoms with Gasteiger partial charge in [-0.25, -0.2) is 9.97 Å². The van der Waals surface area contributed by atoms with Crippen LogP contribution in [0.5, 0.6) is 5.88 Å². The first-order chi connectivity index (χ1) is 19.6. The Bertz CT molecular complexity index is 1450. The molecule has 11 nitrogen and oxygen atoms in total. The number of nitrogens with zero attached hydrogens (tertiary/aromatic N) is 7. The van der Waals surface area contributed by atoms with Gasteiger partial charge in [0.1, 0.15) is 23.7 Å². The summed E-state index contributed by atoms with van der Waals surface area (Å²) in [6, 6.07) is 7.96. The second kappa shape index (κ2) is 11.3. The molecule has 0 spiro atoms. The van der Waals surface area contributed by atoms with Crippen LogP contribution in [0.2, 0.25) is 0 Å². The van der Waals surface area contributed by atoms with Gasteiger partial charge in [0.15, 0.2) is 5.82 Å². The minimum absolute atomic E-state index is 0.120. The Kier molecular flexibility index (Phi) is 7.81. The molecule has 2 aliphatic rings. The summed E-state index contributed by atoms with van der Waals surface area (Å²) in [6.45, 7) is 10.3. The van der Waals surface area contributed by atoms with Crippen molar-refractivity contribution in [3.63, 3.8) is 0 Å². The Morgan fingerprint density at radius 1 is 1.17 bits per heavy atom. The van der Waals surface area contributed by atoms with Crippen LogP contribution in [0.25, 0.3) is 0 Å². The fraction of sp³-hybridized carbons (Fsp3) is 0.433. The molecule has 0 atom stereocenters. The number of aromatic nitrogens is 4. The zero-order chi connectivity index (χ0) is 29.3. The van der Waals surface area contributed by atoms with E-state index in [-0.39, 0.29) is 11.3 Å². The molecule has 11 heteroatoms. The quantitative estimate of drug-likeness (QED) is 0.328. The zero-order valence-corrected chi connectivity index (χ0v) is 24.7. The molecule has 1 aliphatic carbocycles. The highest BCUT2D eigenvalue weighted by molar-refractivity contribution is 6.04. The van der Waals surface area contributed by atoms with Crippen molar-refractivity contribution < 1.29 is 9.53 Å². The summed E-state index contributed by atoms with van der Waals surface area (Å²) in [5.74, 6) is 2.53. The van der Waals surface area contributed by atoms with E-state index < -0.39 is 0 Å². The van der Waals surface area contributed by atoms with Crippen molar-refractivity contribution in [2.45, 2.75) is 38.0 Å². The lowest BCUT2D eigenvalue weighted by atomic mass is 9.91. The van der Waals surface area contributed by atoms with Crippen molar-refractivity contribution in [3.05, 3.63) is 54.6 Å². The Morgan fingerprint density at radius 2 is 1.95 bits per heavy atom. The molecule has 41 heavy (non-hydrogen) atoms. The van der Waals surface area contributed by atoms with E-state index in [0.717, 1.165) is 30.3 Å². The summed E-state index contributed by atoms with van der Waals surface area (Å²) in [5.41, 5.74) is 4.33. The van der Waals surface area contributed by atoms with E-state index in [4.69, 9.17) is 9.72 Å². The molecule has 1 aliphatic heterocycles. The van der Waals surface area contributed by atoms with Crippen LogP contribution in [0, 0.1) is 0 Å². The first-order valence-electron chi connectivity index (χ1n) is 13.9. The third-order valence-corrected chi connectivity index (χ3v) is 7.43. The van der Waals surface area contributed by atoms with E-state index in [1.807, 2.05) is 32.1 Å². The predicted octanol–water partition coefficient (Wildman–Crippen LogP) is 4.45. The Morgan fingerprint density at radius 3 is 2.63 bits per heavy atom. The fourth-order valence-corrected chi connectivity index (χ4v) is 4.99. The number of rotatable bonds is 11. The number of fused-ring (bicyclic) bond motifs is 1. The van der Waals surface area contributed by atoms with Crippen molar-refractivity contribution in [2.75, 3.05) is 68.3 Å². The summed E-state index contributed by atoms with van der Waals surface area (Å²) < 4.78 is 5.52. The molecule has 0 bridgehead atoms. The van der Waals surface area contributed by atoms with Crippen LogP contribution in [-0.2, 0) is 10.2 Å². The smallest absolute Gasteiger partial charge is 0.247 e. The molecule has 3 aromatic rings. The van der Waals surface area contributed by atoms with Gasteiger partial charge in [-0.2, -0.15) is 4.98 Å². The van der Waals surface area contributed by atoms with Crippen LogP contribution in [0.4, 0.5) is 34.5 Å². The maximum Gasteiger partial charge on any atom is 0.247 e.